The second-order valence-electron chi connectivity index (χ2n) is 9.31. The van der Waals surface area contributed by atoms with E-state index in [2.05, 4.69) is 0 Å². The molecule has 0 bridgehead atoms. The SMILES string of the molecule is Cc1cc(O)c(C(C)(C)C)cc1OS(=O)(=O)c1cc(C(C)(C)C)c(O)cc1C. The molecule has 6 heteroatoms. The molecule has 0 heterocycles. The van der Waals surface area contributed by atoms with E-state index in [0.717, 1.165) is 0 Å². The minimum absolute atomic E-state index is 0.0139. The second kappa shape index (κ2) is 6.99. The van der Waals surface area contributed by atoms with Gasteiger partial charge in [0.15, 0.2) is 0 Å². The molecule has 0 saturated carbocycles. The maximum Gasteiger partial charge on any atom is 0.339 e. The van der Waals surface area contributed by atoms with Gasteiger partial charge in [-0.3, -0.25) is 0 Å². The summed E-state index contributed by atoms with van der Waals surface area (Å²) in [7, 11) is -4.13. The Hall–Kier alpha value is -2.21. The van der Waals surface area contributed by atoms with Crippen LogP contribution >= 0.6 is 0 Å². The fourth-order valence-electron chi connectivity index (χ4n) is 3.07. The molecule has 0 aliphatic rings. The molecule has 0 amide bonds. The van der Waals surface area contributed by atoms with Gasteiger partial charge in [-0.1, -0.05) is 41.5 Å². The predicted octanol–water partition coefficient (Wildman–Crippen LogP) is 5.08. The van der Waals surface area contributed by atoms with Crippen LogP contribution in [0.4, 0.5) is 0 Å². The van der Waals surface area contributed by atoms with E-state index in [9.17, 15) is 18.6 Å². The zero-order valence-electron chi connectivity index (χ0n) is 17.8. The summed E-state index contributed by atoms with van der Waals surface area (Å²) in [6.45, 7) is 14.8. The van der Waals surface area contributed by atoms with Gasteiger partial charge in [-0.2, -0.15) is 8.42 Å². The Morgan fingerprint density at radius 3 is 1.64 bits per heavy atom. The van der Waals surface area contributed by atoms with Crippen LogP contribution in [-0.4, -0.2) is 18.6 Å². The first-order valence-corrected chi connectivity index (χ1v) is 10.6. The summed E-state index contributed by atoms with van der Waals surface area (Å²) in [5, 5.41) is 20.5. The molecule has 0 atom stereocenters. The first-order valence-electron chi connectivity index (χ1n) is 9.16. The summed E-state index contributed by atoms with van der Waals surface area (Å²) < 4.78 is 31.6. The topological polar surface area (TPSA) is 83.8 Å². The van der Waals surface area contributed by atoms with Crippen molar-refractivity contribution in [2.24, 2.45) is 0 Å². The van der Waals surface area contributed by atoms with Crippen molar-refractivity contribution < 1.29 is 22.8 Å². The Labute approximate surface area is 168 Å². The van der Waals surface area contributed by atoms with Crippen LogP contribution in [0, 0.1) is 13.8 Å². The average molecular weight is 407 g/mol. The molecule has 0 aliphatic carbocycles. The van der Waals surface area contributed by atoms with Gasteiger partial charge in [0, 0.05) is 11.1 Å². The van der Waals surface area contributed by atoms with Crippen molar-refractivity contribution in [1.82, 2.24) is 0 Å². The van der Waals surface area contributed by atoms with Gasteiger partial charge >= 0.3 is 10.1 Å². The van der Waals surface area contributed by atoms with Gasteiger partial charge in [-0.05, 0) is 60.1 Å². The lowest BCUT2D eigenvalue weighted by atomic mass is 9.85. The third kappa shape index (κ3) is 4.43. The number of aryl methyl sites for hydroxylation is 2. The lowest BCUT2D eigenvalue weighted by Crippen LogP contribution is -2.17. The predicted molar refractivity (Wildman–Crippen MR) is 111 cm³/mol. The monoisotopic (exact) mass is 406 g/mol. The number of phenols is 2. The van der Waals surface area contributed by atoms with Crippen LogP contribution in [0.5, 0.6) is 17.2 Å². The summed E-state index contributed by atoms with van der Waals surface area (Å²) in [4.78, 5) is 0.0139. The van der Waals surface area contributed by atoms with Crippen LogP contribution in [0.1, 0.15) is 63.8 Å². The highest BCUT2D eigenvalue weighted by Gasteiger charge is 2.28. The van der Waals surface area contributed by atoms with Gasteiger partial charge in [-0.25, -0.2) is 0 Å². The molecule has 2 rings (SSSR count). The fraction of sp³-hybridized carbons (Fsp3) is 0.455. The number of phenolic OH excluding ortho intramolecular Hbond substituents is 2. The minimum atomic E-state index is -4.13. The molecule has 2 aromatic rings. The standard InChI is InChI=1S/C22H30O5S/c1-13-9-17(23)15(21(3,4)5)11-19(13)27-28(25,26)20-12-16(22(6,7)8)18(24)10-14(20)2/h9-12,23-24H,1-8H3. The molecule has 0 spiro atoms. The van der Waals surface area contributed by atoms with E-state index in [0.29, 0.717) is 22.3 Å². The quantitative estimate of drug-likeness (QED) is 0.695. The Balaban J connectivity index is 2.59. The van der Waals surface area contributed by atoms with E-state index in [-0.39, 0.29) is 27.6 Å². The third-order valence-electron chi connectivity index (χ3n) is 4.67. The van der Waals surface area contributed by atoms with E-state index in [1.54, 1.807) is 19.9 Å². The molecule has 28 heavy (non-hydrogen) atoms. The zero-order valence-corrected chi connectivity index (χ0v) is 18.7. The van der Waals surface area contributed by atoms with Crippen molar-refractivity contribution in [1.29, 1.82) is 0 Å². The molecule has 154 valence electrons. The Bertz CT molecular complexity index is 1010. The molecule has 0 saturated heterocycles. The van der Waals surface area contributed by atoms with Crippen LogP contribution in [-0.2, 0) is 20.9 Å². The molecular weight excluding hydrogens is 376 g/mol. The van der Waals surface area contributed by atoms with Crippen LogP contribution in [0.15, 0.2) is 29.2 Å². The highest BCUT2D eigenvalue weighted by atomic mass is 32.2. The molecule has 2 N–H and O–H groups in total. The summed E-state index contributed by atoms with van der Waals surface area (Å²) in [6.07, 6.45) is 0. The van der Waals surface area contributed by atoms with Gasteiger partial charge in [0.2, 0.25) is 0 Å². The maximum absolute atomic E-state index is 13.0. The Morgan fingerprint density at radius 2 is 1.18 bits per heavy atom. The van der Waals surface area contributed by atoms with Crippen molar-refractivity contribution in [3.63, 3.8) is 0 Å². The van der Waals surface area contributed by atoms with Crippen LogP contribution in [0.25, 0.3) is 0 Å². The van der Waals surface area contributed by atoms with Gasteiger partial charge < -0.3 is 14.4 Å². The van der Waals surface area contributed by atoms with E-state index in [4.69, 9.17) is 4.18 Å². The third-order valence-corrected chi connectivity index (χ3v) is 6.05. The van der Waals surface area contributed by atoms with Crippen LogP contribution in [0.2, 0.25) is 0 Å². The van der Waals surface area contributed by atoms with E-state index >= 15 is 0 Å². The number of aromatic hydroxyl groups is 2. The summed E-state index contributed by atoms with van der Waals surface area (Å²) in [5.74, 6) is 0.331. The van der Waals surface area contributed by atoms with Crippen molar-refractivity contribution >= 4 is 10.1 Å². The Morgan fingerprint density at radius 1 is 0.750 bits per heavy atom. The largest absolute Gasteiger partial charge is 0.508 e. The molecular formula is C22H30O5S. The highest BCUT2D eigenvalue weighted by molar-refractivity contribution is 7.87. The fourth-order valence-corrected chi connectivity index (χ4v) is 4.29. The number of rotatable bonds is 3. The van der Waals surface area contributed by atoms with Gasteiger partial charge in [0.1, 0.15) is 22.1 Å². The van der Waals surface area contributed by atoms with Crippen LogP contribution < -0.4 is 4.18 Å². The maximum atomic E-state index is 13.0. The van der Waals surface area contributed by atoms with Crippen molar-refractivity contribution in [2.45, 2.75) is 71.1 Å². The molecule has 0 fully saturated rings. The first-order chi connectivity index (χ1) is 12.5. The van der Waals surface area contributed by atoms with Gasteiger partial charge in [0.05, 0.1) is 0 Å². The Kier molecular flexibility index (Phi) is 5.52. The number of hydrogen-bond acceptors (Lipinski definition) is 5. The van der Waals surface area contributed by atoms with Crippen molar-refractivity contribution in [3.05, 3.63) is 46.5 Å². The summed E-state index contributed by atoms with van der Waals surface area (Å²) in [6, 6.07) is 6.00. The van der Waals surface area contributed by atoms with E-state index in [1.807, 2.05) is 41.5 Å². The molecule has 5 nitrogen and oxygen atoms in total. The van der Waals surface area contributed by atoms with Gasteiger partial charge in [0.25, 0.3) is 0 Å². The molecule has 2 aromatic carbocycles. The summed E-state index contributed by atoms with van der Waals surface area (Å²) in [5.41, 5.74) is 1.22. The molecule has 0 radical (unpaired) electrons. The van der Waals surface area contributed by atoms with E-state index in [1.165, 1.54) is 18.2 Å². The number of benzene rings is 2. The molecule has 0 aromatic heterocycles. The minimum Gasteiger partial charge on any atom is -0.508 e. The normalized spacial score (nSPS) is 12.9. The lowest BCUT2D eigenvalue weighted by Gasteiger charge is -2.23. The zero-order chi connectivity index (χ0) is 21.7. The number of hydrogen-bond donors (Lipinski definition) is 2. The molecule has 0 aliphatic heterocycles. The average Bonchev–Trinajstić information content (AvgIpc) is 2.46. The van der Waals surface area contributed by atoms with E-state index < -0.39 is 15.5 Å². The lowest BCUT2D eigenvalue weighted by molar-refractivity contribution is 0.438. The van der Waals surface area contributed by atoms with Crippen molar-refractivity contribution in [3.8, 4) is 17.2 Å². The first kappa shape index (κ1) is 22.1. The second-order valence-corrected chi connectivity index (χ2v) is 10.8. The molecule has 0 unspecified atom stereocenters. The van der Waals surface area contributed by atoms with Gasteiger partial charge in [-0.15, -0.1) is 0 Å². The smallest absolute Gasteiger partial charge is 0.339 e. The summed E-state index contributed by atoms with van der Waals surface area (Å²) >= 11 is 0. The van der Waals surface area contributed by atoms with Crippen molar-refractivity contribution in [2.75, 3.05) is 0 Å². The highest BCUT2D eigenvalue weighted by Crippen LogP contribution is 2.38. The van der Waals surface area contributed by atoms with Crippen LogP contribution in [0.3, 0.4) is 0 Å².